The molecule has 3 rings (SSSR count). The number of hydrogen-bond donors (Lipinski definition) is 1. The molecule has 0 radical (unpaired) electrons. The Morgan fingerprint density at radius 2 is 2.28 bits per heavy atom. The van der Waals surface area contributed by atoms with Gasteiger partial charge in [-0.15, -0.1) is 16.4 Å². The Morgan fingerprint density at radius 3 is 3.17 bits per heavy atom. The minimum absolute atomic E-state index is 0.539. The molecule has 1 aromatic carbocycles. The van der Waals surface area contributed by atoms with Crippen LogP contribution in [0.3, 0.4) is 0 Å². The molecule has 0 spiro atoms. The summed E-state index contributed by atoms with van der Waals surface area (Å²) in [6.45, 7) is 0.539. The van der Waals surface area contributed by atoms with Crippen LogP contribution in [0.5, 0.6) is 0 Å². The molecule has 6 nitrogen and oxygen atoms in total. The van der Waals surface area contributed by atoms with E-state index in [-0.39, 0.29) is 0 Å². The number of para-hydroxylation sites is 1. The SMILES string of the molecule is O=CNc1nc(Cn2nnc3ccccc32)cs1. The van der Waals surface area contributed by atoms with E-state index in [1.807, 2.05) is 29.6 Å². The van der Waals surface area contributed by atoms with Crippen LogP contribution >= 0.6 is 11.3 Å². The van der Waals surface area contributed by atoms with Crippen LogP contribution in [0, 0.1) is 0 Å². The fourth-order valence-corrected chi connectivity index (χ4v) is 2.34. The van der Waals surface area contributed by atoms with Crippen molar-refractivity contribution in [1.29, 1.82) is 0 Å². The minimum atomic E-state index is 0.539. The van der Waals surface area contributed by atoms with Crippen LogP contribution in [0.4, 0.5) is 5.13 Å². The fraction of sp³-hybridized carbons (Fsp3) is 0.0909. The standard InChI is InChI=1S/C11H9N5OS/c17-7-12-11-13-8(6-18-11)5-16-10-4-2-1-3-9(10)14-15-16/h1-4,6-7H,5H2,(H,12,13,17). The van der Waals surface area contributed by atoms with Crippen LogP contribution in [0.2, 0.25) is 0 Å². The van der Waals surface area contributed by atoms with Crippen LogP contribution in [0.1, 0.15) is 5.69 Å². The molecule has 18 heavy (non-hydrogen) atoms. The third-order valence-corrected chi connectivity index (χ3v) is 3.29. The average molecular weight is 259 g/mol. The second-order valence-corrected chi connectivity index (χ2v) is 4.50. The number of aromatic nitrogens is 4. The lowest BCUT2D eigenvalue weighted by Gasteiger charge is -1.98. The van der Waals surface area contributed by atoms with Crippen LogP contribution in [0.15, 0.2) is 29.6 Å². The molecular weight excluding hydrogens is 250 g/mol. The maximum absolute atomic E-state index is 10.3. The zero-order valence-corrected chi connectivity index (χ0v) is 10.1. The molecule has 0 aliphatic heterocycles. The van der Waals surface area contributed by atoms with Gasteiger partial charge in [-0.3, -0.25) is 4.79 Å². The highest BCUT2D eigenvalue weighted by molar-refractivity contribution is 7.13. The average Bonchev–Trinajstić information content (AvgIpc) is 2.99. The number of amides is 1. The number of carbonyl (C=O) groups is 1. The molecule has 0 fully saturated rings. The van der Waals surface area contributed by atoms with Crippen molar-refractivity contribution in [2.75, 3.05) is 5.32 Å². The molecule has 2 aromatic heterocycles. The van der Waals surface area contributed by atoms with E-state index < -0.39 is 0 Å². The van der Waals surface area contributed by atoms with E-state index in [0.717, 1.165) is 16.7 Å². The minimum Gasteiger partial charge on any atom is -0.305 e. The number of carbonyl (C=O) groups excluding carboxylic acids is 1. The fourth-order valence-electron chi connectivity index (χ4n) is 1.68. The van der Waals surface area contributed by atoms with Crippen LogP contribution in [-0.2, 0) is 11.3 Å². The normalized spacial score (nSPS) is 10.7. The first kappa shape index (κ1) is 10.8. The summed E-state index contributed by atoms with van der Waals surface area (Å²) in [5, 5.41) is 13.2. The van der Waals surface area contributed by atoms with Gasteiger partial charge in [-0.05, 0) is 12.1 Å². The van der Waals surface area contributed by atoms with E-state index in [4.69, 9.17) is 0 Å². The van der Waals surface area contributed by atoms with Crippen molar-refractivity contribution in [2.24, 2.45) is 0 Å². The highest BCUT2D eigenvalue weighted by atomic mass is 32.1. The van der Waals surface area contributed by atoms with Gasteiger partial charge in [-0.25, -0.2) is 9.67 Å². The quantitative estimate of drug-likeness (QED) is 0.721. The summed E-state index contributed by atoms with van der Waals surface area (Å²) >= 11 is 1.39. The smallest absolute Gasteiger partial charge is 0.213 e. The molecule has 0 aliphatic rings. The number of benzene rings is 1. The second kappa shape index (κ2) is 4.53. The Bertz CT molecular complexity index is 689. The van der Waals surface area contributed by atoms with Crippen LogP contribution < -0.4 is 5.32 Å². The van der Waals surface area contributed by atoms with Gasteiger partial charge in [0.05, 0.1) is 17.8 Å². The summed E-state index contributed by atoms with van der Waals surface area (Å²) in [4.78, 5) is 14.6. The Hall–Kier alpha value is -2.28. The maximum atomic E-state index is 10.3. The van der Waals surface area contributed by atoms with E-state index in [2.05, 4.69) is 20.6 Å². The molecule has 1 amide bonds. The van der Waals surface area contributed by atoms with Gasteiger partial charge in [-0.2, -0.15) is 0 Å². The largest absolute Gasteiger partial charge is 0.305 e. The molecule has 0 aliphatic carbocycles. The zero-order chi connectivity index (χ0) is 12.4. The molecule has 7 heteroatoms. The number of nitrogens with zero attached hydrogens (tertiary/aromatic N) is 4. The van der Waals surface area contributed by atoms with Crippen LogP contribution in [0.25, 0.3) is 11.0 Å². The summed E-state index contributed by atoms with van der Waals surface area (Å²) in [6, 6.07) is 7.75. The van der Waals surface area contributed by atoms with Gasteiger partial charge in [0.25, 0.3) is 0 Å². The third-order valence-electron chi connectivity index (χ3n) is 2.47. The highest BCUT2D eigenvalue weighted by Crippen LogP contribution is 2.17. The lowest BCUT2D eigenvalue weighted by atomic mass is 10.3. The molecule has 3 aromatic rings. The van der Waals surface area contributed by atoms with Gasteiger partial charge in [0.15, 0.2) is 5.13 Å². The van der Waals surface area contributed by atoms with E-state index in [1.54, 1.807) is 4.68 Å². The summed E-state index contributed by atoms with van der Waals surface area (Å²) < 4.78 is 1.79. The molecule has 0 unspecified atom stereocenters. The zero-order valence-electron chi connectivity index (χ0n) is 9.28. The number of nitrogens with one attached hydrogen (secondary N) is 1. The number of fused-ring (bicyclic) bond motifs is 1. The Morgan fingerprint density at radius 1 is 1.39 bits per heavy atom. The molecule has 2 heterocycles. The van der Waals surface area contributed by atoms with Crippen molar-refractivity contribution in [1.82, 2.24) is 20.0 Å². The predicted molar refractivity (Wildman–Crippen MR) is 68.4 cm³/mol. The number of hydrogen-bond acceptors (Lipinski definition) is 5. The summed E-state index contributed by atoms with van der Waals surface area (Å²) in [6.07, 6.45) is 0.619. The summed E-state index contributed by atoms with van der Waals surface area (Å²) in [5.74, 6) is 0. The molecular formula is C11H9N5OS. The van der Waals surface area contributed by atoms with Gasteiger partial charge >= 0.3 is 0 Å². The summed E-state index contributed by atoms with van der Waals surface area (Å²) in [7, 11) is 0. The van der Waals surface area contributed by atoms with Gasteiger partial charge in [0.1, 0.15) is 5.52 Å². The number of anilines is 1. The van der Waals surface area contributed by atoms with Gasteiger partial charge in [0.2, 0.25) is 6.41 Å². The Balaban J connectivity index is 1.89. The first-order chi connectivity index (χ1) is 8.86. The molecule has 1 N–H and O–H groups in total. The molecule has 90 valence electrons. The molecule has 0 bridgehead atoms. The lowest BCUT2D eigenvalue weighted by Crippen LogP contribution is -2.02. The Labute approximate surface area is 106 Å². The van der Waals surface area contributed by atoms with Crippen molar-refractivity contribution in [3.8, 4) is 0 Å². The Kier molecular flexibility index (Phi) is 2.73. The van der Waals surface area contributed by atoms with Gasteiger partial charge in [0, 0.05) is 5.38 Å². The number of rotatable bonds is 4. The third kappa shape index (κ3) is 1.95. The first-order valence-corrected chi connectivity index (χ1v) is 6.17. The first-order valence-electron chi connectivity index (χ1n) is 5.29. The maximum Gasteiger partial charge on any atom is 0.213 e. The van der Waals surface area contributed by atoms with Crippen molar-refractivity contribution in [3.05, 3.63) is 35.3 Å². The summed E-state index contributed by atoms with van der Waals surface area (Å²) in [5.41, 5.74) is 2.68. The molecule has 0 saturated carbocycles. The monoisotopic (exact) mass is 259 g/mol. The second-order valence-electron chi connectivity index (χ2n) is 3.64. The molecule has 0 atom stereocenters. The van der Waals surface area contributed by atoms with Gasteiger partial charge in [-0.1, -0.05) is 17.3 Å². The number of thiazole rings is 1. The molecule has 0 saturated heterocycles. The van der Waals surface area contributed by atoms with Gasteiger partial charge < -0.3 is 5.32 Å². The topological polar surface area (TPSA) is 72.7 Å². The van der Waals surface area contributed by atoms with Crippen molar-refractivity contribution >= 4 is 33.9 Å². The van der Waals surface area contributed by atoms with Crippen molar-refractivity contribution in [2.45, 2.75) is 6.54 Å². The predicted octanol–water partition coefficient (Wildman–Crippen LogP) is 1.50. The van der Waals surface area contributed by atoms with Crippen molar-refractivity contribution < 1.29 is 4.79 Å². The lowest BCUT2D eigenvalue weighted by molar-refractivity contribution is -0.105. The van der Waals surface area contributed by atoms with E-state index in [1.165, 1.54) is 11.3 Å². The van der Waals surface area contributed by atoms with Crippen molar-refractivity contribution in [3.63, 3.8) is 0 Å². The van der Waals surface area contributed by atoms with E-state index in [0.29, 0.717) is 18.1 Å². The highest BCUT2D eigenvalue weighted by Gasteiger charge is 2.06. The van der Waals surface area contributed by atoms with E-state index in [9.17, 15) is 4.79 Å². The van der Waals surface area contributed by atoms with Crippen LogP contribution in [-0.4, -0.2) is 26.4 Å². The van der Waals surface area contributed by atoms with E-state index >= 15 is 0 Å².